The Kier molecular flexibility index (Phi) is 5.91. The summed E-state index contributed by atoms with van der Waals surface area (Å²) in [5.74, 6) is 0. The quantitative estimate of drug-likeness (QED) is 0.812. The summed E-state index contributed by atoms with van der Waals surface area (Å²) in [6.45, 7) is 2.01. The van der Waals surface area contributed by atoms with Gasteiger partial charge in [-0.05, 0) is 66.6 Å². The molecule has 1 aliphatic rings. The third-order valence-corrected chi connectivity index (χ3v) is 5.87. The molecule has 0 aromatic heterocycles. The molecule has 0 heterocycles. The van der Waals surface area contributed by atoms with E-state index in [0.29, 0.717) is 4.90 Å². The van der Waals surface area contributed by atoms with E-state index in [-0.39, 0.29) is 18.4 Å². The molecule has 1 atom stereocenters. The number of hydrogen-bond donors (Lipinski definition) is 2. The molecule has 0 spiro atoms. The lowest BCUT2D eigenvalue weighted by molar-refractivity contribution is 0.507. The maximum Gasteiger partial charge on any atom is 0.241 e. The average molecular weight is 367 g/mol. The summed E-state index contributed by atoms with van der Waals surface area (Å²) in [6.07, 6.45) is 3.53. The summed E-state index contributed by atoms with van der Waals surface area (Å²) >= 11 is 0. The van der Waals surface area contributed by atoms with Crippen LogP contribution in [0.25, 0.3) is 0 Å². The molecule has 0 radical (unpaired) electrons. The van der Waals surface area contributed by atoms with E-state index in [1.807, 2.05) is 31.2 Å². The van der Waals surface area contributed by atoms with Gasteiger partial charge in [-0.2, -0.15) is 0 Å². The molecule has 2 aromatic carbocycles. The van der Waals surface area contributed by atoms with Crippen molar-refractivity contribution in [3.8, 4) is 0 Å². The number of nitrogens with two attached hydrogens (primary N) is 1. The second-order valence-electron chi connectivity index (χ2n) is 6.03. The largest absolute Gasteiger partial charge is 0.399 e. The number of hydrogen-bond acceptors (Lipinski definition) is 3. The monoisotopic (exact) mass is 366 g/mol. The Balaban J connectivity index is 0.00000208. The fourth-order valence-electron chi connectivity index (χ4n) is 3.14. The first-order valence-corrected chi connectivity index (χ1v) is 9.47. The van der Waals surface area contributed by atoms with Gasteiger partial charge in [0.05, 0.1) is 4.90 Å². The molecule has 0 aliphatic heterocycles. The van der Waals surface area contributed by atoms with Gasteiger partial charge < -0.3 is 5.73 Å². The Morgan fingerprint density at radius 2 is 2.00 bits per heavy atom. The minimum Gasteiger partial charge on any atom is -0.399 e. The van der Waals surface area contributed by atoms with Crippen LogP contribution in [0, 0.1) is 0 Å². The number of benzene rings is 2. The van der Waals surface area contributed by atoms with Gasteiger partial charge in [0, 0.05) is 11.7 Å². The van der Waals surface area contributed by atoms with Gasteiger partial charge >= 0.3 is 0 Å². The fraction of sp³-hybridized carbons (Fsp3) is 0.333. The molecule has 4 nitrogen and oxygen atoms in total. The highest BCUT2D eigenvalue weighted by atomic mass is 35.5. The van der Waals surface area contributed by atoms with Crippen molar-refractivity contribution in [1.82, 2.24) is 4.72 Å². The number of halogens is 1. The van der Waals surface area contributed by atoms with Crippen LogP contribution in [-0.2, 0) is 22.9 Å². The summed E-state index contributed by atoms with van der Waals surface area (Å²) in [4.78, 5) is 0.333. The molecule has 0 fully saturated rings. The van der Waals surface area contributed by atoms with E-state index in [1.165, 1.54) is 0 Å². The van der Waals surface area contributed by atoms with Crippen molar-refractivity contribution in [2.75, 3.05) is 5.73 Å². The van der Waals surface area contributed by atoms with Crippen LogP contribution in [0.4, 0.5) is 5.69 Å². The SMILES string of the molecule is CCc1cccc(S(=O)(=O)NC2CCCc3cc(N)ccc32)c1.Cl. The van der Waals surface area contributed by atoms with Gasteiger partial charge in [0.2, 0.25) is 10.0 Å². The second-order valence-corrected chi connectivity index (χ2v) is 7.74. The Morgan fingerprint density at radius 1 is 1.21 bits per heavy atom. The molecule has 0 bridgehead atoms. The molecule has 1 aliphatic carbocycles. The lowest BCUT2D eigenvalue weighted by Gasteiger charge is -2.26. The minimum absolute atomic E-state index is 0. The fourth-order valence-corrected chi connectivity index (χ4v) is 4.46. The minimum atomic E-state index is -3.53. The van der Waals surface area contributed by atoms with Gasteiger partial charge in [-0.3, -0.25) is 0 Å². The van der Waals surface area contributed by atoms with Crippen LogP contribution in [0.5, 0.6) is 0 Å². The summed E-state index contributed by atoms with van der Waals surface area (Å²) < 4.78 is 28.3. The lowest BCUT2D eigenvalue weighted by Crippen LogP contribution is -2.31. The molecular weight excluding hydrogens is 344 g/mol. The Hall–Kier alpha value is -1.56. The highest BCUT2D eigenvalue weighted by Crippen LogP contribution is 2.32. The summed E-state index contributed by atoms with van der Waals surface area (Å²) in [5, 5.41) is 0. The van der Waals surface area contributed by atoms with Crippen LogP contribution in [0.1, 0.15) is 42.5 Å². The van der Waals surface area contributed by atoms with E-state index in [4.69, 9.17) is 5.73 Å². The predicted octanol–water partition coefficient (Wildman–Crippen LogP) is 3.61. The molecule has 0 saturated heterocycles. The van der Waals surface area contributed by atoms with E-state index in [9.17, 15) is 8.42 Å². The molecule has 24 heavy (non-hydrogen) atoms. The van der Waals surface area contributed by atoms with E-state index in [2.05, 4.69) is 4.72 Å². The number of anilines is 1. The third kappa shape index (κ3) is 3.91. The number of nitrogen functional groups attached to an aromatic ring is 1. The summed E-state index contributed by atoms with van der Waals surface area (Å²) in [7, 11) is -3.53. The van der Waals surface area contributed by atoms with Crippen LogP contribution >= 0.6 is 12.4 Å². The van der Waals surface area contributed by atoms with Gasteiger partial charge in [-0.25, -0.2) is 13.1 Å². The standard InChI is InChI=1S/C18H22N2O2S.ClH/c1-2-13-5-3-7-16(11-13)23(21,22)20-18-8-4-6-14-12-15(19)9-10-17(14)18;/h3,5,7,9-12,18,20H,2,4,6,8,19H2,1H3;1H. The molecule has 1 unspecified atom stereocenters. The van der Waals surface area contributed by atoms with Gasteiger partial charge in [0.25, 0.3) is 0 Å². The van der Waals surface area contributed by atoms with Crippen molar-refractivity contribution in [3.05, 3.63) is 59.2 Å². The Bertz CT molecular complexity index is 822. The highest BCUT2D eigenvalue weighted by molar-refractivity contribution is 7.89. The molecule has 0 saturated carbocycles. The topological polar surface area (TPSA) is 72.2 Å². The predicted molar refractivity (Wildman–Crippen MR) is 99.9 cm³/mol. The number of nitrogens with one attached hydrogen (secondary N) is 1. The molecule has 130 valence electrons. The zero-order chi connectivity index (χ0) is 16.4. The summed E-state index contributed by atoms with van der Waals surface area (Å²) in [6, 6.07) is 12.7. The van der Waals surface area contributed by atoms with Crippen LogP contribution in [0.2, 0.25) is 0 Å². The lowest BCUT2D eigenvalue weighted by atomic mass is 9.88. The summed E-state index contributed by atoms with van der Waals surface area (Å²) in [5.41, 5.74) is 9.77. The Labute approximate surface area is 149 Å². The number of fused-ring (bicyclic) bond motifs is 1. The highest BCUT2D eigenvalue weighted by Gasteiger charge is 2.25. The first kappa shape index (κ1) is 18.8. The van der Waals surface area contributed by atoms with E-state index in [0.717, 1.165) is 48.1 Å². The first-order valence-electron chi connectivity index (χ1n) is 7.99. The molecule has 2 aromatic rings. The zero-order valence-electron chi connectivity index (χ0n) is 13.7. The maximum atomic E-state index is 12.7. The van der Waals surface area contributed by atoms with Gasteiger partial charge in [-0.15, -0.1) is 12.4 Å². The molecule has 0 amide bonds. The van der Waals surface area contributed by atoms with Gasteiger partial charge in [0.1, 0.15) is 0 Å². The van der Waals surface area contributed by atoms with Crippen molar-refractivity contribution >= 4 is 28.1 Å². The van der Waals surface area contributed by atoms with Gasteiger partial charge in [0.15, 0.2) is 0 Å². The average Bonchev–Trinajstić information content (AvgIpc) is 2.54. The normalized spacial score (nSPS) is 17.0. The van der Waals surface area contributed by atoms with E-state index in [1.54, 1.807) is 18.2 Å². The molecule has 6 heteroatoms. The third-order valence-electron chi connectivity index (χ3n) is 4.40. The van der Waals surface area contributed by atoms with Crippen molar-refractivity contribution in [1.29, 1.82) is 0 Å². The maximum absolute atomic E-state index is 12.7. The van der Waals surface area contributed by atoms with Crippen LogP contribution < -0.4 is 10.5 Å². The number of rotatable bonds is 4. The molecular formula is C18H23ClN2O2S. The number of aryl methyl sites for hydroxylation is 2. The van der Waals surface area contributed by atoms with E-state index >= 15 is 0 Å². The van der Waals surface area contributed by atoms with Crippen molar-refractivity contribution in [2.45, 2.75) is 43.5 Å². The van der Waals surface area contributed by atoms with Crippen LogP contribution in [0.15, 0.2) is 47.4 Å². The van der Waals surface area contributed by atoms with Crippen molar-refractivity contribution < 1.29 is 8.42 Å². The second kappa shape index (κ2) is 7.55. The smallest absolute Gasteiger partial charge is 0.241 e. The van der Waals surface area contributed by atoms with Crippen LogP contribution in [0.3, 0.4) is 0 Å². The van der Waals surface area contributed by atoms with Crippen molar-refractivity contribution in [3.63, 3.8) is 0 Å². The van der Waals surface area contributed by atoms with E-state index < -0.39 is 10.0 Å². The zero-order valence-corrected chi connectivity index (χ0v) is 15.3. The van der Waals surface area contributed by atoms with Crippen LogP contribution in [-0.4, -0.2) is 8.42 Å². The molecule has 3 rings (SSSR count). The number of sulfonamides is 1. The van der Waals surface area contributed by atoms with Gasteiger partial charge in [-0.1, -0.05) is 25.1 Å². The Morgan fingerprint density at radius 3 is 2.75 bits per heavy atom. The van der Waals surface area contributed by atoms with Crippen molar-refractivity contribution in [2.24, 2.45) is 0 Å². The molecule has 3 N–H and O–H groups in total. The first-order chi connectivity index (χ1) is 11.0.